The fraction of sp³-hybridized carbons (Fsp3) is 0.444. The van der Waals surface area contributed by atoms with Crippen LogP contribution in [0.2, 0.25) is 5.02 Å². The van der Waals surface area contributed by atoms with Crippen LogP contribution in [-0.2, 0) is 9.59 Å². The number of fused-ring (bicyclic) bond motifs is 1. The largest absolute Gasteiger partial charge is 0.483 e. The summed E-state index contributed by atoms with van der Waals surface area (Å²) in [7, 11) is 0. The monoisotopic (exact) mass is 511 g/mol. The quantitative estimate of drug-likeness (QED) is 0.426. The second-order valence-corrected chi connectivity index (χ2v) is 9.91. The SMILES string of the molecule is Cc1ccc2nc(-c3cc(N4CCC[C@H](C(=O)NCCN5CCCC5)C4)ccc3Cl)[nH]c2c1.O=CO. The smallest absolute Gasteiger partial charge is 0.290 e. The lowest BCUT2D eigenvalue weighted by Gasteiger charge is -2.34. The molecule has 0 aliphatic carbocycles. The van der Waals surface area contributed by atoms with E-state index in [1.165, 1.54) is 18.4 Å². The number of imidazole rings is 1. The van der Waals surface area contributed by atoms with Gasteiger partial charge in [0, 0.05) is 37.4 Å². The number of nitrogens with zero attached hydrogens (tertiary/aromatic N) is 3. The van der Waals surface area contributed by atoms with E-state index >= 15 is 0 Å². The normalized spacial score (nSPS) is 18.1. The molecule has 2 saturated heterocycles. The summed E-state index contributed by atoms with van der Waals surface area (Å²) in [5.41, 5.74) is 5.10. The maximum Gasteiger partial charge on any atom is 0.290 e. The number of aryl methyl sites for hydroxylation is 1. The molecular formula is C27H34ClN5O3. The number of aromatic amines is 1. The van der Waals surface area contributed by atoms with Gasteiger partial charge in [-0.25, -0.2) is 4.98 Å². The van der Waals surface area contributed by atoms with Gasteiger partial charge in [0.1, 0.15) is 5.82 Å². The van der Waals surface area contributed by atoms with Gasteiger partial charge < -0.3 is 25.2 Å². The van der Waals surface area contributed by atoms with Gasteiger partial charge in [-0.05, 0) is 81.6 Å². The lowest BCUT2D eigenvalue weighted by Crippen LogP contribution is -2.44. The molecule has 8 nitrogen and oxygen atoms in total. The van der Waals surface area contributed by atoms with E-state index < -0.39 is 0 Å². The number of hydrogen-bond acceptors (Lipinski definition) is 5. The van der Waals surface area contributed by atoms with E-state index in [4.69, 9.17) is 26.5 Å². The zero-order chi connectivity index (χ0) is 25.5. The second-order valence-electron chi connectivity index (χ2n) is 9.50. The third kappa shape index (κ3) is 6.36. The summed E-state index contributed by atoms with van der Waals surface area (Å²) in [5, 5.41) is 10.7. The van der Waals surface area contributed by atoms with Crippen LogP contribution in [0.3, 0.4) is 0 Å². The lowest BCUT2D eigenvalue weighted by atomic mass is 9.96. The van der Waals surface area contributed by atoms with Crippen LogP contribution in [0.15, 0.2) is 36.4 Å². The fourth-order valence-corrected chi connectivity index (χ4v) is 5.26. The number of anilines is 1. The molecule has 1 aromatic heterocycles. The molecule has 192 valence electrons. The minimum atomic E-state index is -0.250. The summed E-state index contributed by atoms with van der Waals surface area (Å²) in [6, 6.07) is 12.3. The fourth-order valence-electron chi connectivity index (χ4n) is 5.06. The van der Waals surface area contributed by atoms with Gasteiger partial charge in [0.05, 0.1) is 22.0 Å². The van der Waals surface area contributed by atoms with E-state index in [1.807, 2.05) is 18.2 Å². The zero-order valence-corrected chi connectivity index (χ0v) is 21.4. The molecule has 36 heavy (non-hydrogen) atoms. The molecule has 0 spiro atoms. The van der Waals surface area contributed by atoms with Crippen LogP contribution in [-0.4, -0.2) is 71.6 Å². The van der Waals surface area contributed by atoms with E-state index in [0.29, 0.717) is 5.02 Å². The van der Waals surface area contributed by atoms with Crippen LogP contribution in [0.4, 0.5) is 5.69 Å². The summed E-state index contributed by atoms with van der Waals surface area (Å²) >= 11 is 6.57. The number of carboxylic acid groups (broad SMARTS) is 1. The Kier molecular flexibility index (Phi) is 8.83. The van der Waals surface area contributed by atoms with Crippen molar-refractivity contribution in [3.63, 3.8) is 0 Å². The van der Waals surface area contributed by atoms with E-state index in [0.717, 1.165) is 80.2 Å². The highest BCUT2D eigenvalue weighted by atomic mass is 35.5. The Morgan fingerprint density at radius 3 is 2.75 bits per heavy atom. The minimum absolute atomic E-state index is 0.0191. The van der Waals surface area contributed by atoms with Crippen molar-refractivity contribution in [1.82, 2.24) is 20.2 Å². The number of aromatic nitrogens is 2. The number of H-pyrrole nitrogens is 1. The number of benzene rings is 2. The Morgan fingerprint density at radius 1 is 1.19 bits per heavy atom. The van der Waals surface area contributed by atoms with Crippen molar-refractivity contribution < 1.29 is 14.7 Å². The van der Waals surface area contributed by atoms with Crippen molar-refractivity contribution in [2.24, 2.45) is 5.92 Å². The zero-order valence-electron chi connectivity index (χ0n) is 20.7. The molecule has 9 heteroatoms. The maximum atomic E-state index is 12.8. The Balaban J connectivity index is 0.000000967. The van der Waals surface area contributed by atoms with Gasteiger partial charge in [0.15, 0.2) is 0 Å². The second kappa shape index (κ2) is 12.2. The number of piperidine rings is 1. The Morgan fingerprint density at radius 2 is 1.97 bits per heavy atom. The predicted octanol–water partition coefficient (Wildman–Crippen LogP) is 4.32. The van der Waals surface area contributed by atoms with Crippen molar-refractivity contribution >= 4 is 40.7 Å². The molecule has 2 fully saturated rings. The van der Waals surface area contributed by atoms with Crippen LogP contribution >= 0.6 is 11.6 Å². The summed E-state index contributed by atoms with van der Waals surface area (Å²) in [5.74, 6) is 0.974. The summed E-state index contributed by atoms with van der Waals surface area (Å²) in [6.07, 6.45) is 4.51. The van der Waals surface area contributed by atoms with Crippen LogP contribution < -0.4 is 10.2 Å². The van der Waals surface area contributed by atoms with Gasteiger partial charge in [0.25, 0.3) is 6.47 Å². The van der Waals surface area contributed by atoms with Gasteiger partial charge in [-0.15, -0.1) is 0 Å². The number of halogens is 1. The molecular weight excluding hydrogens is 478 g/mol. The van der Waals surface area contributed by atoms with E-state index in [1.54, 1.807) is 0 Å². The Bertz CT molecular complexity index is 1190. The van der Waals surface area contributed by atoms with Crippen molar-refractivity contribution in [2.75, 3.05) is 44.2 Å². The van der Waals surface area contributed by atoms with Gasteiger partial charge >= 0.3 is 0 Å². The van der Waals surface area contributed by atoms with Crippen molar-refractivity contribution in [1.29, 1.82) is 0 Å². The van der Waals surface area contributed by atoms with E-state index in [9.17, 15) is 4.79 Å². The van der Waals surface area contributed by atoms with Crippen molar-refractivity contribution in [3.8, 4) is 11.4 Å². The number of carbonyl (C=O) groups excluding carboxylic acids is 1. The predicted molar refractivity (Wildman–Crippen MR) is 144 cm³/mol. The van der Waals surface area contributed by atoms with Crippen LogP contribution in [0.1, 0.15) is 31.2 Å². The molecule has 1 amide bonds. The van der Waals surface area contributed by atoms with Crippen LogP contribution in [0.25, 0.3) is 22.4 Å². The van der Waals surface area contributed by atoms with Crippen molar-refractivity contribution in [2.45, 2.75) is 32.6 Å². The van der Waals surface area contributed by atoms with Gasteiger partial charge in [-0.2, -0.15) is 0 Å². The number of rotatable bonds is 6. The molecule has 3 aromatic rings. The number of amides is 1. The van der Waals surface area contributed by atoms with E-state index in [-0.39, 0.29) is 18.3 Å². The Hall–Kier alpha value is -3.10. The molecule has 3 N–H and O–H groups in total. The van der Waals surface area contributed by atoms with Gasteiger partial charge in [0.2, 0.25) is 5.91 Å². The molecule has 0 radical (unpaired) electrons. The number of likely N-dealkylation sites (tertiary alicyclic amines) is 1. The third-order valence-electron chi connectivity index (χ3n) is 6.93. The average molecular weight is 512 g/mol. The molecule has 2 aromatic carbocycles. The van der Waals surface area contributed by atoms with Crippen LogP contribution in [0.5, 0.6) is 0 Å². The number of carbonyl (C=O) groups is 2. The average Bonchev–Trinajstić information content (AvgIpc) is 3.54. The molecule has 2 aliphatic heterocycles. The third-order valence-corrected chi connectivity index (χ3v) is 7.26. The molecule has 1 atom stereocenters. The summed E-state index contributed by atoms with van der Waals surface area (Å²) in [4.78, 5) is 34.1. The maximum absolute atomic E-state index is 12.8. The van der Waals surface area contributed by atoms with Gasteiger partial charge in [-0.1, -0.05) is 17.7 Å². The highest BCUT2D eigenvalue weighted by Crippen LogP contribution is 2.33. The number of hydrogen-bond donors (Lipinski definition) is 3. The first-order valence-corrected chi connectivity index (χ1v) is 13.0. The van der Waals surface area contributed by atoms with E-state index in [2.05, 4.69) is 45.2 Å². The summed E-state index contributed by atoms with van der Waals surface area (Å²) < 4.78 is 0. The first-order chi connectivity index (χ1) is 17.5. The minimum Gasteiger partial charge on any atom is -0.483 e. The van der Waals surface area contributed by atoms with Crippen molar-refractivity contribution in [3.05, 3.63) is 47.0 Å². The Labute approximate surface area is 216 Å². The standard InChI is InChI=1S/C26H32ClN5O.CH2O2/c1-18-6-9-23-24(15-18)30-25(29-23)21-16-20(7-8-22(21)27)32-13-4-5-19(17-32)26(33)28-10-14-31-11-2-3-12-31;2-1-3/h6-9,15-16,19H,2-5,10-14,17H2,1H3,(H,28,33)(H,29,30);1H,(H,2,3)/t19-;/m0./s1. The summed E-state index contributed by atoms with van der Waals surface area (Å²) in [6.45, 7) is 7.52. The molecule has 0 unspecified atom stereocenters. The van der Waals surface area contributed by atoms with Gasteiger partial charge in [-0.3, -0.25) is 9.59 Å². The highest BCUT2D eigenvalue weighted by molar-refractivity contribution is 6.33. The molecule has 5 rings (SSSR count). The topological polar surface area (TPSA) is 102 Å². The first-order valence-electron chi connectivity index (χ1n) is 12.6. The molecule has 2 aliphatic rings. The van der Waals surface area contributed by atoms with Crippen LogP contribution in [0, 0.1) is 12.8 Å². The number of nitrogens with one attached hydrogen (secondary N) is 2. The lowest BCUT2D eigenvalue weighted by molar-refractivity contribution is -0.125. The molecule has 0 bridgehead atoms. The molecule has 0 saturated carbocycles. The first kappa shape index (κ1) is 26.0. The molecule has 3 heterocycles. The highest BCUT2D eigenvalue weighted by Gasteiger charge is 2.26.